The van der Waals surface area contributed by atoms with E-state index < -0.39 is 0 Å². The molecule has 0 spiro atoms. The summed E-state index contributed by atoms with van der Waals surface area (Å²) in [5.41, 5.74) is 6.23. The molecule has 0 fully saturated rings. The van der Waals surface area contributed by atoms with Gasteiger partial charge in [0.05, 0.1) is 11.0 Å². The van der Waals surface area contributed by atoms with E-state index in [9.17, 15) is 0 Å². The SMILES string of the molecule is c1ccc(-c2nc(-c3ccc4c(ccc5c6ccccc6ccc45)c3)nc(-c3cc(-n4c5ccccc5c5ccccc54)cc4ccccc34)n2)cc1. The van der Waals surface area contributed by atoms with Crippen molar-refractivity contribution in [3.05, 3.63) is 182 Å². The van der Waals surface area contributed by atoms with E-state index in [2.05, 4.69) is 168 Å². The lowest BCUT2D eigenvalue weighted by Crippen LogP contribution is -2.02. The summed E-state index contributed by atoms with van der Waals surface area (Å²) in [5, 5.41) is 12.0. The molecule has 9 aromatic carbocycles. The fourth-order valence-electron chi connectivity index (χ4n) is 8.12. The third-order valence-electron chi connectivity index (χ3n) is 10.6. The number of nitrogens with zero attached hydrogens (tertiary/aromatic N) is 4. The second kappa shape index (κ2) is 11.7. The highest BCUT2D eigenvalue weighted by molar-refractivity contribution is 6.17. The molecule has 0 atom stereocenters. The highest BCUT2D eigenvalue weighted by Gasteiger charge is 2.18. The summed E-state index contributed by atoms with van der Waals surface area (Å²) in [6.45, 7) is 0. The Morgan fingerprint density at radius 1 is 0.302 bits per heavy atom. The number of fused-ring (bicyclic) bond motifs is 9. The van der Waals surface area contributed by atoms with Crippen LogP contribution in [0.15, 0.2) is 182 Å². The third-order valence-corrected chi connectivity index (χ3v) is 10.6. The second-order valence-electron chi connectivity index (χ2n) is 13.6. The van der Waals surface area contributed by atoms with Crippen LogP contribution in [0, 0.1) is 0 Å². The Labute approximate surface area is 305 Å². The van der Waals surface area contributed by atoms with Gasteiger partial charge in [-0.05, 0) is 73.4 Å². The zero-order valence-corrected chi connectivity index (χ0v) is 28.6. The van der Waals surface area contributed by atoms with Gasteiger partial charge >= 0.3 is 0 Å². The van der Waals surface area contributed by atoms with Crippen molar-refractivity contribution in [2.75, 3.05) is 0 Å². The first-order valence-electron chi connectivity index (χ1n) is 17.9. The van der Waals surface area contributed by atoms with Crippen LogP contribution >= 0.6 is 0 Å². The summed E-state index contributed by atoms with van der Waals surface area (Å²) in [7, 11) is 0. The van der Waals surface area contributed by atoms with Gasteiger partial charge in [-0.3, -0.25) is 0 Å². The van der Waals surface area contributed by atoms with Crippen LogP contribution < -0.4 is 0 Å². The van der Waals surface area contributed by atoms with Crippen LogP contribution in [0.1, 0.15) is 0 Å². The van der Waals surface area contributed by atoms with E-state index in [-0.39, 0.29) is 0 Å². The minimum Gasteiger partial charge on any atom is -0.309 e. The molecule has 4 nitrogen and oxygen atoms in total. The van der Waals surface area contributed by atoms with Crippen LogP contribution in [0.25, 0.3) is 105 Å². The van der Waals surface area contributed by atoms with Crippen molar-refractivity contribution in [1.82, 2.24) is 19.5 Å². The maximum atomic E-state index is 5.28. The van der Waals surface area contributed by atoms with Crippen molar-refractivity contribution in [3.63, 3.8) is 0 Å². The normalized spacial score (nSPS) is 11.8. The monoisotopic (exact) mass is 674 g/mol. The summed E-state index contributed by atoms with van der Waals surface area (Å²) in [6, 6.07) is 64.6. The van der Waals surface area contributed by atoms with Crippen LogP contribution in [-0.4, -0.2) is 19.5 Å². The molecule has 0 bridgehead atoms. The van der Waals surface area contributed by atoms with Gasteiger partial charge in [0.1, 0.15) is 0 Å². The standard InChI is InChI=1S/C49H30N4/c1-2-13-32(14-3-1)47-50-48(35-24-25-39-34(28-35)23-27-40-37-16-6-4-12-31(37)22-26-41(39)40)52-49(51-47)44-30-36(29-33-15-5-7-17-38(33)44)53-45-20-10-8-18-42(45)43-19-9-11-21-46(43)53/h1-30H. The van der Waals surface area contributed by atoms with Crippen molar-refractivity contribution in [1.29, 1.82) is 0 Å². The Morgan fingerprint density at radius 3 is 1.55 bits per heavy atom. The van der Waals surface area contributed by atoms with E-state index in [4.69, 9.17) is 15.0 Å². The van der Waals surface area contributed by atoms with Gasteiger partial charge in [0.15, 0.2) is 17.5 Å². The molecule has 0 unspecified atom stereocenters. The first-order valence-corrected chi connectivity index (χ1v) is 17.9. The van der Waals surface area contributed by atoms with Crippen molar-refractivity contribution >= 4 is 64.9 Å². The fraction of sp³-hybridized carbons (Fsp3) is 0. The molecule has 2 aromatic heterocycles. The second-order valence-corrected chi connectivity index (χ2v) is 13.6. The summed E-state index contributed by atoms with van der Waals surface area (Å²) < 4.78 is 2.36. The lowest BCUT2D eigenvalue weighted by atomic mass is 9.96. The average molecular weight is 675 g/mol. The molecule has 0 radical (unpaired) electrons. The third kappa shape index (κ3) is 4.73. The number of hydrogen-bond acceptors (Lipinski definition) is 3. The van der Waals surface area contributed by atoms with E-state index in [0.717, 1.165) is 49.6 Å². The fourth-order valence-corrected chi connectivity index (χ4v) is 8.12. The van der Waals surface area contributed by atoms with Crippen molar-refractivity contribution in [2.45, 2.75) is 0 Å². The smallest absolute Gasteiger partial charge is 0.164 e. The number of aromatic nitrogens is 4. The van der Waals surface area contributed by atoms with Crippen LogP contribution in [0.2, 0.25) is 0 Å². The molecule has 0 aliphatic heterocycles. The largest absolute Gasteiger partial charge is 0.309 e. The Bertz CT molecular complexity index is 3180. The Morgan fingerprint density at radius 2 is 0.811 bits per heavy atom. The number of rotatable bonds is 4. The van der Waals surface area contributed by atoms with E-state index in [1.807, 2.05) is 18.2 Å². The summed E-state index contributed by atoms with van der Waals surface area (Å²) >= 11 is 0. The van der Waals surface area contributed by atoms with Crippen molar-refractivity contribution in [2.24, 2.45) is 0 Å². The minimum absolute atomic E-state index is 0.637. The molecule has 0 saturated carbocycles. The summed E-state index contributed by atoms with van der Waals surface area (Å²) in [6.07, 6.45) is 0. The highest BCUT2D eigenvalue weighted by Crippen LogP contribution is 2.38. The van der Waals surface area contributed by atoms with Crippen LogP contribution in [-0.2, 0) is 0 Å². The number of benzene rings is 9. The Hall–Kier alpha value is -7.17. The zero-order chi connectivity index (χ0) is 34.9. The van der Waals surface area contributed by atoms with Crippen molar-refractivity contribution < 1.29 is 0 Å². The molecule has 0 aliphatic carbocycles. The van der Waals surface area contributed by atoms with Gasteiger partial charge in [0, 0.05) is 33.2 Å². The molecule has 0 N–H and O–H groups in total. The van der Waals surface area contributed by atoms with Gasteiger partial charge in [-0.1, -0.05) is 152 Å². The zero-order valence-electron chi connectivity index (χ0n) is 28.6. The molecule has 0 aliphatic rings. The molecule has 11 aromatic rings. The average Bonchev–Trinajstić information content (AvgIpc) is 3.57. The topological polar surface area (TPSA) is 43.6 Å². The Balaban J connectivity index is 1.15. The molecular weight excluding hydrogens is 645 g/mol. The van der Waals surface area contributed by atoms with Gasteiger partial charge in [-0.25, -0.2) is 15.0 Å². The number of hydrogen-bond donors (Lipinski definition) is 0. The molecule has 0 saturated heterocycles. The maximum Gasteiger partial charge on any atom is 0.164 e. The first-order chi connectivity index (χ1) is 26.3. The molecule has 53 heavy (non-hydrogen) atoms. The molecule has 246 valence electrons. The van der Waals surface area contributed by atoms with E-state index >= 15 is 0 Å². The lowest BCUT2D eigenvalue weighted by molar-refractivity contribution is 1.07. The quantitative estimate of drug-likeness (QED) is 0.175. The first kappa shape index (κ1) is 29.5. The highest BCUT2D eigenvalue weighted by atomic mass is 15.0. The van der Waals surface area contributed by atoms with Crippen LogP contribution in [0.5, 0.6) is 0 Å². The summed E-state index contributed by atoms with van der Waals surface area (Å²) in [4.78, 5) is 15.6. The van der Waals surface area contributed by atoms with Crippen molar-refractivity contribution in [3.8, 4) is 39.9 Å². The van der Waals surface area contributed by atoms with E-state index in [0.29, 0.717) is 17.5 Å². The van der Waals surface area contributed by atoms with Gasteiger partial charge in [-0.15, -0.1) is 0 Å². The van der Waals surface area contributed by atoms with E-state index in [1.165, 1.54) is 37.7 Å². The van der Waals surface area contributed by atoms with Gasteiger partial charge < -0.3 is 4.57 Å². The predicted octanol–water partition coefficient (Wildman–Crippen LogP) is 12.6. The van der Waals surface area contributed by atoms with E-state index in [1.54, 1.807) is 0 Å². The van der Waals surface area contributed by atoms with Gasteiger partial charge in [-0.2, -0.15) is 0 Å². The lowest BCUT2D eigenvalue weighted by Gasteiger charge is -2.14. The molecule has 2 heterocycles. The predicted molar refractivity (Wildman–Crippen MR) is 220 cm³/mol. The molecule has 4 heteroatoms. The van der Waals surface area contributed by atoms with Crippen LogP contribution in [0.4, 0.5) is 0 Å². The van der Waals surface area contributed by atoms with Gasteiger partial charge in [0.25, 0.3) is 0 Å². The Kier molecular flexibility index (Phi) is 6.52. The maximum absolute atomic E-state index is 5.28. The van der Waals surface area contributed by atoms with Gasteiger partial charge in [0.2, 0.25) is 0 Å². The minimum atomic E-state index is 0.637. The summed E-state index contributed by atoms with van der Waals surface area (Å²) in [5.74, 6) is 1.92. The molecular formula is C49H30N4. The molecule has 11 rings (SSSR count). The number of para-hydroxylation sites is 2. The van der Waals surface area contributed by atoms with Crippen LogP contribution in [0.3, 0.4) is 0 Å². The molecule has 0 amide bonds.